The van der Waals surface area contributed by atoms with Crippen molar-refractivity contribution in [2.75, 3.05) is 30.9 Å². The Hall–Kier alpha value is -2.74. The van der Waals surface area contributed by atoms with E-state index in [0.29, 0.717) is 22.9 Å². The van der Waals surface area contributed by atoms with Crippen molar-refractivity contribution >= 4 is 27.3 Å². The second-order valence-corrected chi connectivity index (χ2v) is 7.19. The zero-order valence-electron chi connectivity index (χ0n) is 14.4. The average Bonchev–Trinajstić information content (AvgIpc) is 2.60. The predicted octanol–water partition coefficient (Wildman–Crippen LogP) is 2.49. The molecule has 0 spiro atoms. The van der Waals surface area contributed by atoms with Crippen molar-refractivity contribution in [1.82, 2.24) is 0 Å². The molecule has 1 amide bonds. The Morgan fingerprint density at radius 3 is 2.20 bits per heavy atom. The monoisotopic (exact) mass is 364 g/mol. The highest BCUT2D eigenvalue weighted by atomic mass is 32.2. The second kappa shape index (κ2) is 7.43. The lowest BCUT2D eigenvalue weighted by molar-refractivity contribution is -0.114. The Labute approximate surface area is 147 Å². The maximum atomic E-state index is 12.9. The summed E-state index contributed by atoms with van der Waals surface area (Å²) in [7, 11) is 0.596. The first-order valence-corrected chi connectivity index (χ1v) is 8.82. The van der Waals surface area contributed by atoms with Crippen LogP contribution in [0.25, 0.3) is 0 Å². The normalized spacial score (nSPS) is 10.9. The molecule has 0 saturated heterocycles. The standard InChI is InChI=1S/C17H20N2O5S/c1-12(20)18-13-5-8-15(9-6-13)25(21,22)19(2)16-11-14(23-3)7-10-17(16)24-4/h5-11H,1-4H3,(H,18,20). The summed E-state index contributed by atoms with van der Waals surface area (Å²) in [4.78, 5) is 11.1. The van der Waals surface area contributed by atoms with Crippen molar-refractivity contribution in [3.63, 3.8) is 0 Å². The van der Waals surface area contributed by atoms with Gasteiger partial charge in [-0.15, -0.1) is 0 Å². The van der Waals surface area contributed by atoms with Crippen LogP contribution in [0.15, 0.2) is 47.4 Å². The van der Waals surface area contributed by atoms with E-state index in [9.17, 15) is 13.2 Å². The molecule has 0 bridgehead atoms. The Morgan fingerprint density at radius 2 is 1.68 bits per heavy atom. The van der Waals surface area contributed by atoms with Gasteiger partial charge in [0.25, 0.3) is 10.0 Å². The summed E-state index contributed by atoms with van der Waals surface area (Å²) in [5.74, 6) is 0.689. The summed E-state index contributed by atoms with van der Waals surface area (Å²) in [5.41, 5.74) is 0.876. The van der Waals surface area contributed by atoms with E-state index in [4.69, 9.17) is 9.47 Å². The Balaban J connectivity index is 2.40. The molecule has 0 saturated carbocycles. The van der Waals surface area contributed by atoms with Gasteiger partial charge in [0.05, 0.1) is 24.8 Å². The van der Waals surface area contributed by atoms with Crippen molar-refractivity contribution in [3.8, 4) is 11.5 Å². The van der Waals surface area contributed by atoms with Crippen molar-refractivity contribution in [2.45, 2.75) is 11.8 Å². The summed E-state index contributed by atoms with van der Waals surface area (Å²) in [6.45, 7) is 1.38. The molecule has 0 atom stereocenters. The second-order valence-electron chi connectivity index (χ2n) is 5.22. The van der Waals surface area contributed by atoms with Gasteiger partial charge in [-0.2, -0.15) is 0 Å². The quantitative estimate of drug-likeness (QED) is 0.851. The Kier molecular flexibility index (Phi) is 5.53. The molecule has 0 aliphatic heterocycles. The molecule has 0 heterocycles. The lowest BCUT2D eigenvalue weighted by atomic mass is 10.3. The number of nitrogens with one attached hydrogen (secondary N) is 1. The van der Waals surface area contributed by atoms with Gasteiger partial charge in [0, 0.05) is 25.7 Å². The molecule has 0 aromatic heterocycles. The first kappa shape index (κ1) is 18.6. The van der Waals surface area contributed by atoms with Crippen molar-refractivity contribution in [3.05, 3.63) is 42.5 Å². The summed E-state index contributed by atoms with van der Waals surface area (Å²) >= 11 is 0. The highest BCUT2D eigenvalue weighted by Gasteiger charge is 2.24. The molecule has 7 nitrogen and oxygen atoms in total. The van der Waals surface area contributed by atoms with Crippen LogP contribution in [0.1, 0.15) is 6.92 Å². The number of hydrogen-bond acceptors (Lipinski definition) is 5. The van der Waals surface area contributed by atoms with Crippen LogP contribution in [-0.4, -0.2) is 35.6 Å². The lowest BCUT2D eigenvalue weighted by Gasteiger charge is -2.22. The topological polar surface area (TPSA) is 84.9 Å². The van der Waals surface area contributed by atoms with E-state index in [1.54, 1.807) is 18.2 Å². The number of methoxy groups -OCH3 is 2. The summed E-state index contributed by atoms with van der Waals surface area (Å²) in [6.07, 6.45) is 0. The fourth-order valence-electron chi connectivity index (χ4n) is 2.24. The molecule has 0 radical (unpaired) electrons. The van der Waals surface area contributed by atoms with E-state index in [1.807, 2.05) is 0 Å². The maximum Gasteiger partial charge on any atom is 0.264 e. The Bertz CT molecular complexity index is 863. The molecule has 134 valence electrons. The molecule has 0 fully saturated rings. The van der Waals surface area contributed by atoms with E-state index >= 15 is 0 Å². The molecule has 25 heavy (non-hydrogen) atoms. The summed E-state index contributed by atoms with van der Waals surface area (Å²) < 4.78 is 37.3. The first-order chi connectivity index (χ1) is 11.8. The molecule has 0 aliphatic rings. The predicted molar refractivity (Wildman–Crippen MR) is 95.9 cm³/mol. The molecule has 2 aromatic rings. The molecule has 0 aliphatic carbocycles. The van der Waals surface area contributed by atoms with E-state index in [0.717, 1.165) is 4.31 Å². The minimum Gasteiger partial charge on any atom is -0.497 e. The van der Waals surface area contributed by atoms with E-state index < -0.39 is 10.0 Å². The number of nitrogens with zero attached hydrogens (tertiary/aromatic N) is 1. The van der Waals surface area contributed by atoms with Crippen LogP contribution in [0.3, 0.4) is 0 Å². The van der Waals surface area contributed by atoms with Gasteiger partial charge in [-0.1, -0.05) is 0 Å². The third-order valence-electron chi connectivity index (χ3n) is 3.56. The smallest absolute Gasteiger partial charge is 0.264 e. The van der Waals surface area contributed by atoms with Crippen LogP contribution in [0, 0.1) is 0 Å². The van der Waals surface area contributed by atoms with Gasteiger partial charge in [-0.25, -0.2) is 8.42 Å². The fraction of sp³-hybridized carbons (Fsp3) is 0.235. The SMILES string of the molecule is COc1ccc(OC)c(N(C)S(=O)(=O)c2ccc(NC(C)=O)cc2)c1. The molecule has 8 heteroatoms. The number of rotatable bonds is 6. The van der Waals surface area contributed by atoms with Crippen LogP contribution < -0.4 is 19.1 Å². The van der Waals surface area contributed by atoms with Gasteiger partial charge in [0.2, 0.25) is 5.91 Å². The van der Waals surface area contributed by atoms with Gasteiger partial charge in [0.1, 0.15) is 11.5 Å². The first-order valence-electron chi connectivity index (χ1n) is 7.38. The largest absolute Gasteiger partial charge is 0.497 e. The molecular formula is C17H20N2O5S. The van der Waals surface area contributed by atoms with Gasteiger partial charge < -0.3 is 14.8 Å². The number of anilines is 2. The van der Waals surface area contributed by atoms with Gasteiger partial charge in [0.15, 0.2) is 0 Å². The van der Waals surface area contributed by atoms with Crippen molar-refractivity contribution < 1.29 is 22.7 Å². The fourth-order valence-corrected chi connectivity index (χ4v) is 3.44. The highest BCUT2D eigenvalue weighted by Crippen LogP contribution is 2.34. The molecule has 0 unspecified atom stereocenters. The molecule has 1 N–H and O–H groups in total. The third-order valence-corrected chi connectivity index (χ3v) is 5.34. The average molecular weight is 364 g/mol. The number of carbonyl (C=O) groups excluding carboxylic acids is 1. The highest BCUT2D eigenvalue weighted by molar-refractivity contribution is 7.92. The number of sulfonamides is 1. The van der Waals surface area contributed by atoms with Crippen LogP contribution in [0.4, 0.5) is 11.4 Å². The van der Waals surface area contributed by atoms with E-state index in [1.165, 1.54) is 52.5 Å². The lowest BCUT2D eigenvalue weighted by Crippen LogP contribution is -2.27. The van der Waals surface area contributed by atoms with Gasteiger partial charge >= 0.3 is 0 Å². The number of hydrogen-bond donors (Lipinski definition) is 1. The van der Waals surface area contributed by atoms with Gasteiger partial charge in [-0.05, 0) is 36.4 Å². The summed E-state index contributed by atoms with van der Waals surface area (Å²) in [6, 6.07) is 10.8. The number of benzene rings is 2. The van der Waals surface area contributed by atoms with Crippen LogP contribution in [-0.2, 0) is 14.8 Å². The van der Waals surface area contributed by atoms with Crippen LogP contribution >= 0.6 is 0 Å². The molecule has 2 rings (SSSR count). The number of amides is 1. The zero-order chi connectivity index (χ0) is 18.6. The summed E-state index contributed by atoms with van der Waals surface area (Å²) in [5, 5.41) is 2.59. The van der Waals surface area contributed by atoms with E-state index in [-0.39, 0.29) is 10.8 Å². The minimum absolute atomic E-state index is 0.0916. The minimum atomic E-state index is -3.81. The van der Waals surface area contributed by atoms with Crippen LogP contribution in [0.2, 0.25) is 0 Å². The van der Waals surface area contributed by atoms with Crippen molar-refractivity contribution in [2.24, 2.45) is 0 Å². The molecule has 2 aromatic carbocycles. The Morgan fingerprint density at radius 1 is 1.04 bits per heavy atom. The number of carbonyl (C=O) groups is 1. The third kappa shape index (κ3) is 4.03. The van der Waals surface area contributed by atoms with Crippen molar-refractivity contribution in [1.29, 1.82) is 0 Å². The van der Waals surface area contributed by atoms with E-state index in [2.05, 4.69) is 5.32 Å². The maximum absolute atomic E-state index is 12.9. The van der Waals surface area contributed by atoms with Crippen LogP contribution in [0.5, 0.6) is 11.5 Å². The molecular weight excluding hydrogens is 344 g/mol. The zero-order valence-corrected chi connectivity index (χ0v) is 15.3. The van der Waals surface area contributed by atoms with Gasteiger partial charge in [-0.3, -0.25) is 9.10 Å². The number of ether oxygens (including phenoxy) is 2.